The second kappa shape index (κ2) is 5.97. The Kier molecular flexibility index (Phi) is 4.83. The molecule has 1 aromatic rings. The number of rotatable bonds is 4. The van der Waals surface area contributed by atoms with Crippen molar-refractivity contribution in [1.29, 1.82) is 0 Å². The summed E-state index contributed by atoms with van der Waals surface area (Å²) in [6.07, 6.45) is 0.677. The van der Waals surface area contributed by atoms with Crippen LogP contribution >= 0.6 is 0 Å². The molecule has 19 heavy (non-hydrogen) atoms. The van der Waals surface area contributed by atoms with E-state index in [4.69, 9.17) is 9.47 Å². The SMILES string of the molecule is CCOCC(=O)c1c(C)ncn1C(=O)OC(C)(C)C. The third-order valence-corrected chi connectivity index (χ3v) is 2.24. The van der Waals surface area contributed by atoms with Crippen molar-refractivity contribution in [3.63, 3.8) is 0 Å². The third-order valence-electron chi connectivity index (χ3n) is 2.24. The van der Waals surface area contributed by atoms with Gasteiger partial charge in [0.15, 0.2) is 0 Å². The van der Waals surface area contributed by atoms with Crippen molar-refractivity contribution in [3.05, 3.63) is 17.7 Å². The summed E-state index contributed by atoms with van der Waals surface area (Å²) >= 11 is 0. The Labute approximate surface area is 112 Å². The molecule has 0 atom stereocenters. The van der Waals surface area contributed by atoms with Crippen molar-refractivity contribution in [2.75, 3.05) is 13.2 Å². The molecule has 106 valence electrons. The van der Waals surface area contributed by atoms with E-state index < -0.39 is 11.7 Å². The monoisotopic (exact) mass is 268 g/mol. The average Bonchev–Trinajstić information content (AvgIpc) is 2.66. The number of imidazole rings is 1. The van der Waals surface area contributed by atoms with Crippen LogP contribution in [0.15, 0.2) is 6.33 Å². The van der Waals surface area contributed by atoms with Crippen molar-refractivity contribution < 1.29 is 19.1 Å². The lowest BCUT2D eigenvalue weighted by Crippen LogP contribution is -2.29. The van der Waals surface area contributed by atoms with Crippen molar-refractivity contribution in [2.45, 2.75) is 40.2 Å². The smallest absolute Gasteiger partial charge is 0.420 e. The minimum Gasteiger partial charge on any atom is -0.443 e. The van der Waals surface area contributed by atoms with E-state index in [1.165, 1.54) is 6.33 Å². The van der Waals surface area contributed by atoms with E-state index in [0.717, 1.165) is 4.57 Å². The van der Waals surface area contributed by atoms with Gasteiger partial charge in [-0.3, -0.25) is 4.79 Å². The van der Waals surface area contributed by atoms with E-state index >= 15 is 0 Å². The van der Waals surface area contributed by atoms with Crippen molar-refractivity contribution in [3.8, 4) is 0 Å². The zero-order chi connectivity index (χ0) is 14.6. The normalized spacial score (nSPS) is 11.4. The number of aromatic nitrogens is 2. The third kappa shape index (κ3) is 4.17. The molecule has 0 saturated heterocycles. The quantitative estimate of drug-likeness (QED) is 0.783. The number of aryl methyl sites for hydroxylation is 1. The number of carbonyl (C=O) groups excluding carboxylic acids is 2. The molecular formula is C13H20N2O4. The number of Topliss-reactive ketones (excluding diaryl/α,β-unsaturated/α-hetero) is 1. The number of nitrogens with zero attached hydrogens (tertiary/aromatic N) is 2. The first-order valence-electron chi connectivity index (χ1n) is 6.14. The molecule has 0 aromatic carbocycles. The minimum atomic E-state index is -0.629. The molecule has 6 heteroatoms. The molecule has 0 spiro atoms. The van der Waals surface area contributed by atoms with Crippen LogP contribution in [0.5, 0.6) is 0 Å². The van der Waals surface area contributed by atoms with Crippen LogP contribution in [-0.4, -0.2) is 40.2 Å². The largest absolute Gasteiger partial charge is 0.443 e. The van der Waals surface area contributed by atoms with Gasteiger partial charge in [0.25, 0.3) is 0 Å². The van der Waals surface area contributed by atoms with E-state index in [0.29, 0.717) is 12.3 Å². The highest BCUT2D eigenvalue weighted by molar-refractivity contribution is 5.99. The van der Waals surface area contributed by atoms with Crippen LogP contribution in [0.4, 0.5) is 4.79 Å². The fraction of sp³-hybridized carbons (Fsp3) is 0.615. The molecule has 0 aliphatic rings. The highest BCUT2D eigenvalue weighted by Crippen LogP contribution is 2.13. The lowest BCUT2D eigenvalue weighted by Gasteiger charge is -2.20. The highest BCUT2D eigenvalue weighted by atomic mass is 16.6. The van der Waals surface area contributed by atoms with Gasteiger partial charge >= 0.3 is 6.09 Å². The second-order valence-corrected chi connectivity index (χ2v) is 5.09. The van der Waals surface area contributed by atoms with Gasteiger partial charge in [0.2, 0.25) is 5.78 Å². The standard InChI is InChI=1S/C13H20N2O4/c1-6-18-7-10(16)11-9(2)14-8-15(11)12(17)19-13(3,4)5/h8H,6-7H2,1-5H3. The number of ketones is 1. The van der Waals surface area contributed by atoms with E-state index in [-0.39, 0.29) is 18.1 Å². The van der Waals surface area contributed by atoms with Crippen LogP contribution in [-0.2, 0) is 9.47 Å². The van der Waals surface area contributed by atoms with Crippen LogP contribution in [0.25, 0.3) is 0 Å². The number of hydrogen-bond donors (Lipinski definition) is 0. The van der Waals surface area contributed by atoms with E-state index in [9.17, 15) is 9.59 Å². The maximum absolute atomic E-state index is 12.0. The van der Waals surface area contributed by atoms with Gasteiger partial charge in [-0.15, -0.1) is 0 Å². The molecule has 0 aliphatic carbocycles. The summed E-state index contributed by atoms with van der Waals surface area (Å²) in [5, 5.41) is 0. The topological polar surface area (TPSA) is 70.4 Å². The Morgan fingerprint density at radius 2 is 2.00 bits per heavy atom. The van der Waals surface area contributed by atoms with E-state index in [1.807, 2.05) is 0 Å². The summed E-state index contributed by atoms with van der Waals surface area (Å²) in [6, 6.07) is 0. The van der Waals surface area contributed by atoms with Gasteiger partial charge in [0.1, 0.15) is 24.2 Å². The van der Waals surface area contributed by atoms with Crippen LogP contribution in [0.2, 0.25) is 0 Å². The summed E-state index contributed by atoms with van der Waals surface area (Å²) in [4.78, 5) is 27.9. The first-order chi connectivity index (χ1) is 8.76. The van der Waals surface area contributed by atoms with Crippen LogP contribution < -0.4 is 0 Å². The molecule has 0 bridgehead atoms. The molecule has 0 unspecified atom stereocenters. The predicted molar refractivity (Wildman–Crippen MR) is 69.4 cm³/mol. The molecule has 1 heterocycles. The summed E-state index contributed by atoms with van der Waals surface area (Å²) in [7, 11) is 0. The van der Waals surface area contributed by atoms with Crippen molar-refractivity contribution >= 4 is 11.9 Å². The summed E-state index contributed by atoms with van der Waals surface area (Å²) in [5.74, 6) is -0.289. The Morgan fingerprint density at radius 3 is 2.53 bits per heavy atom. The molecule has 0 fully saturated rings. The predicted octanol–water partition coefficient (Wildman–Crippen LogP) is 2.19. The van der Waals surface area contributed by atoms with Crippen LogP contribution in [0.1, 0.15) is 43.9 Å². The lowest BCUT2D eigenvalue weighted by molar-refractivity contribution is 0.0520. The van der Waals surface area contributed by atoms with Gasteiger partial charge in [-0.1, -0.05) is 0 Å². The van der Waals surface area contributed by atoms with Crippen LogP contribution in [0, 0.1) is 6.92 Å². The zero-order valence-electron chi connectivity index (χ0n) is 12.0. The van der Waals surface area contributed by atoms with Crippen molar-refractivity contribution in [2.24, 2.45) is 0 Å². The van der Waals surface area contributed by atoms with Gasteiger partial charge in [-0.25, -0.2) is 14.3 Å². The molecule has 0 N–H and O–H groups in total. The van der Waals surface area contributed by atoms with Gasteiger partial charge in [0.05, 0.1) is 5.69 Å². The minimum absolute atomic E-state index is 0.0775. The number of carbonyl (C=O) groups is 2. The molecule has 1 aromatic heterocycles. The highest BCUT2D eigenvalue weighted by Gasteiger charge is 2.24. The van der Waals surface area contributed by atoms with Gasteiger partial charge in [0, 0.05) is 6.61 Å². The maximum Gasteiger partial charge on any atom is 0.420 e. The summed E-state index contributed by atoms with van der Waals surface area (Å²) in [5.41, 5.74) is 0.0634. The Hall–Kier alpha value is -1.69. The van der Waals surface area contributed by atoms with E-state index in [2.05, 4.69) is 4.98 Å². The van der Waals surface area contributed by atoms with Gasteiger partial charge < -0.3 is 9.47 Å². The molecule has 0 aliphatic heterocycles. The van der Waals surface area contributed by atoms with Crippen molar-refractivity contribution in [1.82, 2.24) is 9.55 Å². The molecule has 1 rings (SSSR count). The van der Waals surface area contributed by atoms with Gasteiger partial charge in [-0.2, -0.15) is 0 Å². The molecule has 0 amide bonds. The van der Waals surface area contributed by atoms with Crippen LogP contribution in [0.3, 0.4) is 0 Å². The molecular weight excluding hydrogens is 248 g/mol. The first kappa shape index (κ1) is 15.4. The molecule has 0 saturated carbocycles. The Morgan fingerprint density at radius 1 is 1.37 bits per heavy atom. The zero-order valence-corrected chi connectivity index (χ0v) is 12.0. The fourth-order valence-corrected chi connectivity index (χ4v) is 1.49. The molecule has 6 nitrogen and oxygen atoms in total. The Balaban J connectivity index is 2.97. The Bertz CT molecular complexity index is 471. The first-order valence-corrected chi connectivity index (χ1v) is 6.14. The summed E-state index contributed by atoms with van der Waals surface area (Å²) < 4.78 is 11.4. The number of ether oxygens (including phenoxy) is 2. The van der Waals surface area contributed by atoms with Gasteiger partial charge in [-0.05, 0) is 34.6 Å². The fourth-order valence-electron chi connectivity index (χ4n) is 1.49. The maximum atomic E-state index is 12.0. The molecule has 0 radical (unpaired) electrons. The van der Waals surface area contributed by atoms with E-state index in [1.54, 1.807) is 34.6 Å². The second-order valence-electron chi connectivity index (χ2n) is 5.09. The number of hydrogen-bond acceptors (Lipinski definition) is 5. The lowest BCUT2D eigenvalue weighted by atomic mass is 10.2. The average molecular weight is 268 g/mol. The summed E-state index contributed by atoms with van der Waals surface area (Å²) in [6.45, 7) is 9.10.